The maximum absolute atomic E-state index is 14.8. The van der Waals surface area contributed by atoms with E-state index in [1.165, 1.54) is 12.1 Å². The maximum atomic E-state index is 14.8. The van der Waals surface area contributed by atoms with E-state index in [9.17, 15) is 31.6 Å². The van der Waals surface area contributed by atoms with Crippen LogP contribution >= 0.6 is 0 Å². The first-order chi connectivity index (χ1) is 29.3. The Labute approximate surface area is 355 Å². The zero-order valence-electron chi connectivity index (χ0n) is 34.9. The van der Waals surface area contributed by atoms with Crippen LogP contribution in [0.4, 0.5) is 26.3 Å². The summed E-state index contributed by atoms with van der Waals surface area (Å²) in [7, 11) is 0. The Bertz CT molecular complexity index is 3270. The molecule has 9 heteroatoms. The highest BCUT2D eigenvalue weighted by Gasteiger charge is 2.41. The second kappa shape index (κ2) is 14.1. The number of fused-ring (bicyclic) bond motifs is 6. The lowest BCUT2D eigenvalue weighted by Crippen LogP contribution is -2.14. The van der Waals surface area contributed by atoms with Crippen LogP contribution in [-0.4, -0.2) is 9.13 Å². The molecule has 0 saturated heterocycles. The summed E-state index contributed by atoms with van der Waals surface area (Å²) in [6.45, 7) is 12.8. The van der Waals surface area contributed by atoms with E-state index in [4.69, 9.17) is 0 Å². The van der Waals surface area contributed by atoms with Gasteiger partial charge in [-0.25, -0.2) is 0 Å². The largest absolute Gasteiger partial charge is 0.417 e. The van der Waals surface area contributed by atoms with Gasteiger partial charge >= 0.3 is 12.4 Å². The molecule has 0 radical (unpaired) electrons. The zero-order valence-corrected chi connectivity index (χ0v) is 34.9. The van der Waals surface area contributed by atoms with E-state index in [2.05, 4.69) is 71.9 Å². The Balaban J connectivity index is 1.45. The Morgan fingerprint density at radius 3 is 1.40 bits per heavy atom. The zero-order chi connectivity index (χ0) is 44.1. The van der Waals surface area contributed by atoms with Crippen molar-refractivity contribution in [3.05, 3.63) is 167 Å². The fraction of sp³-hybridized carbons (Fsp3) is 0.189. The number of hydrogen-bond donors (Lipinski definition) is 0. The van der Waals surface area contributed by atoms with E-state index >= 15 is 0 Å². The van der Waals surface area contributed by atoms with E-state index in [-0.39, 0.29) is 16.4 Å². The summed E-state index contributed by atoms with van der Waals surface area (Å²) in [4.78, 5) is 0. The van der Waals surface area contributed by atoms with Crippen molar-refractivity contribution < 1.29 is 26.3 Å². The summed E-state index contributed by atoms with van der Waals surface area (Å²) in [5.74, 6) is 0. The quantitative estimate of drug-likeness (QED) is 0.163. The van der Waals surface area contributed by atoms with Gasteiger partial charge in [0.2, 0.25) is 0 Å². The highest BCUT2D eigenvalue weighted by molar-refractivity contribution is 6.12. The Kier molecular flexibility index (Phi) is 9.26. The van der Waals surface area contributed by atoms with Crippen molar-refractivity contribution in [3.8, 4) is 39.7 Å². The molecule has 0 amide bonds. The highest BCUT2D eigenvalue weighted by Crippen LogP contribution is 2.48. The molecule has 7 aromatic carbocycles. The number of para-hydroxylation sites is 2. The number of alkyl halides is 6. The molecule has 0 aliphatic rings. The highest BCUT2D eigenvalue weighted by atomic mass is 19.4. The first kappa shape index (κ1) is 40.6. The third kappa shape index (κ3) is 6.69. The molecule has 0 N–H and O–H groups in total. The molecule has 2 aromatic heterocycles. The van der Waals surface area contributed by atoms with Crippen molar-refractivity contribution in [1.29, 1.82) is 5.26 Å². The number of benzene rings is 7. The van der Waals surface area contributed by atoms with Gasteiger partial charge in [-0.1, -0.05) is 108 Å². The number of rotatable bonds is 4. The lowest BCUT2D eigenvalue weighted by Gasteiger charge is -2.23. The van der Waals surface area contributed by atoms with Gasteiger partial charge in [-0.05, 0) is 100 Å². The van der Waals surface area contributed by atoms with E-state index in [1.807, 2.05) is 69.8 Å². The Morgan fingerprint density at radius 2 is 0.919 bits per heavy atom. The summed E-state index contributed by atoms with van der Waals surface area (Å²) in [6, 6.07) is 42.1. The van der Waals surface area contributed by atoms with Gasteiger partial charge in [-0.15, -0.1) is 0 Å². The third-order valence-electron chi connectivity index (χ3n) is 11.9. The number of aromatic nitrogens is 2. The van der Waals surface area contributed by atoms with Gasteiger partial charge in [0.15, 0.2) is 0 Å². The summed E-state index contributed by atoms with van der Waals surface area (Å²) in [5, 5.41) is 14.1. The van der Waals surface area contributed by atoms with E-state index in [1.54, 1.807) is 24.3 Å². The summed E-state index contributed by atoms with van der Waals surface area (Å²) in [5.41, 5.74) is 3.36. The minimum Gasteiger partial charge on any atom is -0.309 e. The minimum atomic E-state index is -5.10. The third-order valence-corrected chi connectivity index (χ3v) is 11.9. The van der Waals surface area contributed by atoms with Crippen LogP contribution in [0.2, 0.25) is 0 Å². The fourth-order valence-corrected chi connectivity index (χ4v) is 8.85. The average molecular weight is 834 g/mol. The van der Waals surface area contributed by atoms with Crippen LogP contribution in [0.1, 0.15) is 69.4 Å². The molecule has 0 atom stereocenters. The first-order valence-electron chi connectivity index (χ1n) is 20.3. The maximum Gasteiger partial charge on any atom is 0.417 e. The molecule has 0 saturated carbocycles. The van der Waals surface area contributed by atoms with Gasteiger partial charge in [0.05, 0.1) is 56.2 Å². The van der Waals surface area contributed by atoms with Gasteiger partial charge in [0, 0.05) is 38.2 Å². The lowest BCUT2D eigenvalue weighted by atomic mass is 9.86. The fourth-order valence-electron chi connectivity index (χ4n) is 8.85. The molecule has 9 aromatic rings. The molecule has 0 bridgehead atoms. The Morgan fingerprint density at radius 1 is 0.435 bits per heavy atom. The molecule has 3 nitrogen and oxygen atoms in total. The molecule has 0 aliphatic carbocycles. The minimum absolute atomic E-state index is 0.170. The topological polar surface area (TPSA) is 33.6 Å². The van der Waals surface area contributed by atoms with Crippen molar-refractivity contribution in [2.75, 3.05) is 0 Å². The van der Waals surface area contributed by atoms with Crippen LogP contribution in [-0.2, 0) is 23.2 Å². The predicted octanol–water partition coefficient (Wildman–Crippen LogP) is 15.7. The second-order valence-electron chi connectivity index (χ2n) is 18.0. The molecule has 0 spiro atoms. The van der Waals surface area contributed by atoms with Crippen molar-refractivity contribution in [2.45, 2.75) is 64.7 Å². The van der Waals surface area contributed by atoms with E-state index in [0.717, 1.165) is 60.8 Å². The number of nitriles is 1. The standard InChI is InChI=1S/C53H41F6N3/c1-50(2,3)33-20-24-46-39(28-33)35-12-7-9-16-43(35)61(46)45-23-19-32(49-41(52(54,55)56)14-11-15-42(49)53(57,58)59)27-38(45)37-22-18-31(30-60)26-48(37)62-44-17-10-8-13-36(44)40-29-34(51(4,5)6)21-25-47(40)62/h7-29H,1-6H3. The molecule has 310 valence electrons. The van der Waals surface area contributed by atoms with Crippen LogP contribution in [0.15, 0.2) is 140 Å². The number of nitrogens with zero attached hydrogens (tertiary/aromatic N) is 3. The first-order valence-corrected chi connectivity index (χ1v) is 20.3. The lowest BCUT2D eigenvalue weighted by molar-refractivity contribution is -0.142. The van der Waals surface area contributed by atoms with Crippen LogP contribution < -0.4 is 0 Å². The molecule has 2 heterocycles. The van der Waals surface area contributed by atoms with Gasteiger partial charge in [0.25, 0.3) is 0 Å². The summed E-state index contributed by atoms with van der Waals surface area (Å²) in [6.07, 6.45) is -10.2. The molecule has 0 aliphatic heterocycles. The van der Waals surface area contributed by atoms with Crippen LogP contribution in [0.3, 0.4) is 0 Å². The van der Waals surface area contributed by atoms with Crippen molar-refractivity contribution in [3.63, 3.8) is 0 Å². The van der Waals surface area contributed by atoms with Gasteiger partial charge in [-0.3, -0.25) is 0 Å². The van der Waals surface area contributed by atoms with E-state index in [0.29, 0.717) is 40.2 Å². The van der Waals surface area contributed by atoms with Gasteiger partial charge in [0.1, 0.15) is 0 Å². The number of halogens is 6. The van der Waals surface area contributed by atoms with E-state index < -0.39 is 29.0 Å². The molecule has 62 heavy (non-hydrogen) atoms. The van der Waals surface area contributed by atoms with Crippen molar-refractivity contribution >= 4 is 43.6 Å². The molecular weight excluding hydrogens is 793 g/mol. The van der Waals surface area contributed by atoms with Crippen molar-refractivity contribution in [1.82, 2.24) is 9.13 Å². The second-order valence-corrected chi connectivity index (χ2v) is 18.0. The Hall–Kier alpha value is -6.79. The predicted molar refractivity (Wildman–Crippen MR) is 238 cm³/mol. The molecule has 0 unspecified atom stereocenters. The van der Waals surface area contributed by atoms with Crippen molar-refractivity contribution in [2.24, 2.45) is 0 Å². The monoisotopic (exact) mass is 833 g/mol. The molecule has 9 rings (SSSR count). The molecular formula is C53H41F6N3. The van der Waals surface area contributed by atoms with Crippen LogP contribution in [0.5, 0.6) is 0 Å². The average Bonchev–Trinajstić information content (AvgIpc) is 3.74. The smallest absolute Gasteiger partial charge is 0.309 e. The summed E-state index contributed by atoms with van der Waals surface area (Å²) >= 11 is 0. The van der Waals surface area contributed by atoms with Gasteiger partial charge < -0.3 is 9.13 Å². The SMILES string of the molecule is CC(C)(C)c1ccc2c(c1)c1ccccc1n2-c1ccc(-c2c(C(F)(F)F)cccc2C(F)(F)F)cc1-c1ccc(C#N)cc1-n1c2ccccc2c2cc(C(C)(C)C)ccc21. The van der Waals surface area contributed by atoms with Gasteiger partial charge in [-0.2, -0.15) is 31.6 Å². The summed E-state index contributed by atoms with van der Waals surface area (Å²) < 4.78 is 93.0. The van der Waals surface area contributed by atoms with Crippen LogP contribution in [0, 0.1) is 11.3 Å². The van der Waals surface area contributed by atoms with Crippen LogP contribution in [0.25, 0.3) is 77.2 Å². The number of hydrogen-bond acceptors (Lipinski definition) is 1. The normalized spacial score (nSPS) is 12.8. The molecule has 0 fully saturated rings.